The first-order chi connectivity index (χ1) is 8.79. The van der Waals surface area contributed by atoms with E-state index in [0.29, 0.717) is 18.6 Å². The van der Waals surface area contributed by atoms with Crippen LogP contribution in [0.5, 0.6) is 0 Å². The molecule has 4 nitrogen and oxygen atoms in total. The number of aliphatic hydroxyl groups is 1. The van der Waals surface area contributed by atoms with Crippen molar-refractivity contribution in [2.75, 3.05) is 20.2 Å². The standard InChI is InChI=1S/C14H23N3O/c1-16-7-3-2-4-13(16)14-15-8-12-6-5-11(10-18)9-17(12)14/h8,11,13,18H,2-7,9-10H2,1H3. The van der Waals surface area contributed by atoms with E-state index in [2.05, 4.69) is 21.5 Å². The molecule has 4 heteroatoms. The van der Waals surface area contributed by atoms with Gasteiger partial charge in [0.05, 0.1) is 6.04 Å². The number of hydrogen-bond acceptors (Lipinski definition) is 3. The minimum atomic E-state index is 0.303. The maximum Gasteiger partial charge on any atom is 0.126 e. The van der Waals surface area contributed by atoms with Crippen LogP contribution in [-0.4, -0.2) is 39.8 Å². The third kappa shape index (κ3) is 2.08. The topological polar surface area (TPSA) is 41.3 Å². The average Bonchev–Trinajstić information content (AvgIpc) is 2.82. The number of piperidine rings is 1. The number of likely N-dealkylation sites (tertiary alicyclic amines) is 1. The number of fused-ring (bicyclic) bond motifs is 1. The van der Waals surface area contributed by atoms with Gasteiger partial charge >= 0.3 is 0 Å². The van der Waals surface area contributed by atoms with Crippen LogP contribution in [-0.2, 0) is 13.0 Å². The van der Waals surface area contributed by atoms with Crippen LogP contribution < -0.4 is 0 Å². The van der Waals surface area contributed by atoms with Crippen molar-refractivity contribution in [3.63, 3.8) is 0 Å². The predicted molar refractivity (Wildman–Crippen MR) is 70.3 cm³/mol. The summed E-state index contributed by atoms with van der Waals surface area (Å²) in [6, 6.07) is 0.477. The number of nitrogens with zero attached hydrogens (tertiary/aromatic N) is 3. The highest BCUT2D eigenvalue weighted by Gasteiger charge is 2.28. The second-order valence-electron chi connectivity index (χ2n) is 5.80. The Hall–Kier alpha value is -0.870. The summed E-state index contributed by atoms with van der Waals surface area (Å²) in [6.45, 7) is 2.43. The van der Waals surface area contributed by atoms with E-state index in [1.54, 1.807) is 0 Å². The number of aromatic nitrogens is 2. The molecule has 2 aliphatic heterocycles. The minimum Gasteiger partial charge on any atom is -0.396 e. The maximum absolute atomic E-state index is 9.36. The average molecular weight is 249 g/mol. The fourth-order valence-corrected chi connectivity index (χ4v) is 3.36. The molecule has 1 fully saturated rings. The highest BCUT2D eigenvalue weighted by Crippen LogP contribution is 2.31. The van der Waals surface area contributed by atoms with Crippen molar-refractivity contribution >= 4 is 0 Å². The van der Waals surface area contributed by atoms with Gasteiger partial charge in [-0.05, 0) is 39.3 Å². The molecule has 0 radical (unpaired) electrons. The molecule has 0 bridgehead atoms. The van der Waals surface area contributed by atoms with Gasteiger partial charge in [0, 0.05) is 31.0 Å². The number of aryl methyl sites for hydroxylation is 1. The second kappa shape index (κ2) is 5.02. The van der Waals surface area contributed by atoms with E-state index in [4.69, 9.17) is 0 Å². The Bertz CT molecular complexity index is 415. The quantitative estimate of drug-likeness (QED) is 0.865. The van der Waals surface area contributed by atoms with E-state index in [0.717, 1.165) is 19.4 Å². The van der Waals surface area contributed by atoms with Crippen LogP contribution >= 0.6 is 0 Å². The van der Waals surface area contributed by atoms with Gasteiger partial charge in [-0.1, -0.05) is 6.42 Å². The third-order valence-corrected chi connectivity index (χ3v) is 4.55. The summed E-state index contributed by atoms with van der Waals surface area (Å²) in [6.07, 6.45) is 8.04. The van der Waals surface area contributed by atoms with Crippen LogP contribution in [0.1, 0.15) is 43.2 Å². The van der Waals surface area contributed by atoms with Gasteiger partial charge in [0.1, 0.15) is 5.82 Å². The summed E-state index contributed by atoms with van der Waals surface area (Å²) in [5.74, 6) is 1.64. The van der Waals surface area contributed by atoms with Crippen LogP contribution in [0.15, 0.2) is 6.20 Å². The summed E-state index contributed by atoms with van der Waals surface area (Å²) in [7, 11) is 2.21. The van der Waals surface area contributed by atoms with E-state index >= 15 is 0 Å². The van der Waals surface area contributed by atoms with Crippen LogP contribution in [0.2, 0.25) is 0 Å². The Labute approximate surface area is 109 Å². The molecular weight excluding hydrogens is 226 g/mol. The zero-order valence-electron chi connectivity index (χ0n) is 11.2. The molecule has 2 unspecified atom stereocenters. The largest absolute Gasteiger partial charge is 0.396 e. The fourth-order valence-electron chi connectivity index (χ4n) is 3.36. The van der Waals surface area contributed by atoms with Crippen molar-refractivity contribution in [1.82, 2.24) is 14.5 Å². The molecule has 0 aromatic carbocycles. The fraction of sp³-hybridized carbons (Fsp3) is 0.786. The van der Waals surface area contributed by atoms with Gasteiger partial charge in [0.25, 0.3) is 0 Å². The normalized spacial score (nSPS) is 29.2. The Morgan fingerprint density at radius 1 is 1.39 bits per heavy atom. The lowest BCUT2D eigenvalue weighted by Gasteiger charge is -2.34. The minimum absolute atomic E-state index is 0.303. The van der Waals surface area contributed by atoms with Gasteiger partial charge in [-0.25, -0.2) is 4.98 Å². The summed E-state index contributed by atoms with van der Waals surface area (Å²) >= 11 is 0. The lowest BCUT2D eigenvalue weighted by atomic mass is 9.97. The Balaban J connectivity index is 1.87. The van der Waals surface area contributed by atoms with Crippen LogP contribution in [0.3, 0.4) is 0 Å². The van der Waals surface area contributed by atoms with Gasteiger partial charge in [-0.3, -0.25) is 4.90 Å². The Kier molecular flexibility index (Phi) is 3.39. The molecule has 2 aliphatic rings. The van der Waals surface area contributed by atoms with E-state index in [1.165, 1.54) is 37.3 Å². The van der Waals surface area contributed by atoms with E-state index < -0.39 is 0 Å². The molecule has 100 valence electrons. The Morgan fingerprint density at radius 3 is 3.06 bits per heavy atom. The molecule has 0 saturated carbocycles. The van der Waals surface area contributed by atoms with Gasteiger partial charge in [0.15, 0.2) is 0 Å². The highest BCUT2D eigenvalue weighted by molar-refractivity contribution is 5.12. The molecule has 1 aromatic heterocycles. The first-order valence-corrected chi connectivity index (χ1v) is 7.15. The lowest BCUT2D eigenvalue weighted by molar-refractivity contribution is 0.161. The summed E-state index contributed by atoms with van der Waals surface area (Å²) < 4.78 is 2.37. The van der Waals surface area contributed by atoms with Gasteiger partial charge in [0.2, 0.25) is 0 Å². The molecule has 2 atom stereocenters. The molecule has 0 aliphatic carbocycles. The summed E-state index contributed by atoms with van der Waals surface area (Å²) in [5.41, 5.74) is 1.36. The van der Waals surface area contributed by atoms with Gasteiger partial charge < -0.3 is 9.67 Å². The molecule has 1 N–H and O–H groups in total. The number of hydrogen-bond donors (Lipinski definition) is 1. The van der Waals surface area contributed by atoms with Crippen molar-refractivity contribution in [2.24, 2.45) is 5.92 Å². The lowest BCUT2D eigenvalue weighted by Crippen LogP contribution is -2.33. The van der Waals surface area contributed by atoms with Crippen molar-refractivity contribution in [3.8, 4) is 0 Å². The maximum atomic E-state index is 9.36. The molecule has 18 heavy (non-hydrogen) atoms. The monoisotopic (exact) mass is 249 g/mol. The number of imidazole rings is 1. The Morgan fingerprint density at radius 2 is 2.28 bits per heavy atom. The van der Waals surface area contributed by atoms with Crippen molar-refractivity contribution in [1.29, 1.82) is 0 Å². The molecule has 3 rings (SSSR count). The summed E-state index contributed by atoms with van der Waals surface area (Å²) in [5, 5.41) is 9.36. The molecule has 1 saturated heterocycles. The zero-order chi connectivity index (χ0) is 12.5. The van der Waals surface area contributed by atoms with Gasteiger partial charge in [-0.2, -0.15) is 0 Å². The van der Waals surface area contributed by atoms with Crippen LogP contribution in [0, 0.1) is 5.92 Å². The van der Waals surface area contributed by atoms with Crippen molar-refractivity contribution in [2.45, 2.75) is 44.7 Å². The first-order valence-electron chi connectivity index (χ1n) is 7.15. The number of rotatable bonds is 2. The number of aliphatic hydroxyl groups excluding tert-OH is 1. The van der Waals surface area contributed by atoms with E-state index in [1.807, 2.05) is 6.20 Å². The van der Waals surface area contributed by atoms with E-state index in [9.17, 15) is 5.11 Å². The van der Waals surface area contributed by atoms with Crippen LogP contribution in [0.4, 0.5) is 0 Å². The van der Waals surface area contributed by atoms with Crippen molar-refractivity contribution in [3.05, 3.63) is 17.7 Å². The summed E-state index contributed by atoms with van der Waals surface area (Å²) in [4.78, 5) is 7.11. The predicted octanol–water partition coefficient (Wildman–Crippen LogP) is 1.59. The molecular formula is C14H23N3O. The third-order valence-electron chi connectivity index (χ3n) is 4.55. The second-order valence-corrected chi connectivity index (χ2v) is 5.80. The molecule has 0 spiro atoms. The molecule has 3 heterocycles. The molecule has 1 aromatic rings. The smallest absolute Gasteiger partial charge is 0.126 e. The SMILES string of the molecule is CN1CCCCC1c1ncc2n1CC(CO)CC2. The zero-order valence-corrected chi connectivity index (χ0v) is 11.2. The van der Waals surface area contributed by atoms with Crippen molar-refractivity contribution < 1.29 is 5.11 Å². The van der Waals surface area contributed by atoms with Crippen LogP contribution in [0.25, 0.3) is 0 Å². The first kappa shape index (κ1) is 12.2. The molecule has 0 amide bonds. The highest BCUT2D eigenvalue weighted by atomic mass is 16.3. The van der Waals surface area contributed by atoms with E-state index in [-0.39, 0.29) is 0 Å². The van der Waals surface area contributed by atoms with Gasteiger partial charge in [-0.15, -0.1) is 0 Å².